The van der Waals surface area contributed by atoms with Crippen LogP contribution in [0.3, 0.4) is 0 Å². The summed E-state index contributed by atoms with van der Waals surface area (Å²) in [7, 11) is 0. The van der Waals surface area contributed by atoms with Crippen molar-refractivity contribution >= 4 is 35.3 Å². The largest absolute Gasteiger partial charge is 0.383 e. The second kappa shape index (κ2) is 5.84. The maximum absolute atomic E-state index is 11.0. The molecule has 0 saturated carbocycles. The molecule has 1 rings (SSSR count). The van der Waals surface area contributed by atoms with Crippen molar-refractivity contribution in [3.63, 3.8) is 0 Å². The van der Waals surface area contributed by atoms with Gasteiger partial charge in [-0.15, -0.1) is 0 Å². The Morgan fingerprint density at radius 3 is 2.88 bits per heavy atom. The van der Waals surface area contributed by atoms with Crippen LogP contribution in [0.1, 0.15) is 12.5 Å². The average molecular weight is 261 g/mol. The van der Waals surface area contributed by atoms with Crippen molar-refractivity contribution in [2.75, 3.05) is 0 Å². The summed E-state index contributed by atoms with van der Waals surface area (Å²) in [6.07, 6.45) is 0.251. The Bertz CT molecular complexity index is 419. The molecule has 16 heavy (non-hydrogen) atoms. The maximum atomic E-state index is 11.0. The molecular weight excluding hydrogens is 251 g/mol. The Labute approximate surface area is 103 Å². The third-order valence-corrected chi connectivity index (χ3v) is 2.57. The van der Waals surface area contributed by atoms with Crippen molar-refractivity contribution in [3.05, 3.63) is 33.8 Å². The van der Waals surface area contributed by atoms with Crippen LogP contribution in [0.25, 0.3) is 0 Å². The van der Waals surface area contributed by atoms with Crippen LogP contribution in [0.4, 0.5) is 0 Å². The SMILES string of the molecule is CC(O)C(=O)N/N=C/c1cccc(Cl)c1Cl. The Morgan fingerprint density at radius 2 is 2.25 bits per heavy atom. The van der Waals surface area contributed by atoms with Gasteiger partial charge in [0, 0.05) is 5.56 Å². The third-order valence-electron chi connectivity index (χ3n) is 1.74. The minimum Gasteiger partial charge on any atom is -0.383 e. The van der Waals surface area contributed by atoms with E-state index in [0.717, 1.165) is 0 Å². The van der Waals surface area contributed by atoms with Crippen molar-refractivity contribution in [1.29, 1.82) is 0 Å². The summed E-state index contributed by atoms with van der Waals surface area (Å²) >= 11 is 11.7. The van der Waals surface area contributed by atoms with Gasteiger partial charge in [0.25, 0.3) is 5.91 Å². The van der Waals surface area contributed by atoms with E-state index < -0.39 is 12.0 Å². The molecule has 86 valence electrons. The Hall–Kier alpha value is -1.10. The van der Waals surface area contributed by atoms with Gasteiger partial charge in [0.15, 0.2) is 0 Å². The first-order valence-corrected chi connectivity index (χ1v) is 5.23. The second-order valence-corrected chi connectivity index (χ2v) is 3.84. The van der Waals surface area contributed by atoms with E-state index >= 15 is 0 Å². The fourth-order valence-electron chi connectivity index (χ4n) is 0.879. The monoisotopic (exact) mass is 260 g/mol. The van der Waals surface area contributed by atoms with Crippen LogP contribution >= 0.6 is 23.2 Å². The molecule has 0 radical (unpaired) electrons. The maximum Gasteiger partial charge on any atom is 0.268 e. The molecule has 2 N–H and O–H groups in total. The molecule has 0 fully saturated rings. The lowest BCUT2D eigenvalue weighted by atomic mass is 10.2. The molecule has 1 aromatic carbocycles. The molecular formula is C10H10Cl2N2O2. The molecule has 1 amide bonds. The Balaban J connectivity index is 2.70. The van der Waals surface area contributed by atoms with Crippen molar-refractivity contribution in [3.8, 4) is 0 Å². The van der Waals surface area contributed by atoms with E-state index in [1.165, 1.54) is 13.1 Å². The lowest BCUT2D eigenvalue weighted by molar-refractivity contribution is -0.128. The third kappa shape index (κ3) is 3.48. The molecule has 1 unspecified atom stereocenters. The van der Waals surface area contributed by atoms with Gasteiger partial charge in [-0.3, -0.25) is 4.79 Å². The number of hydrogen-bond acceptors (Lipinski definition) is 3. The standard InChI is InChI=1S/C10H10Cl2N2O2/c1-6(15)10(16)14-13-5-7-3-2-4-8(11)9(7)12/h2-6,15H,1H3,(H,14,16)/b13-5+. The average Bonchev–Trinajstić information content (AvgIpc) is 2.24. The van der Waals surface area contributed by atoms with E-state index in [0.29, 0.717) is 15.6 Å². The zero-order valence-corrected chi connectivity index (χ0v) is 9.96. The van der Waals surface area contributed by atoms with Gasteiger partial charge in [-0.05, 0) is 13.0 Å². The van der Waals surface area contributed by atoms with Gasteiger partial charge in [-0.2, -0.15) is 5.10 Å². The van der Waals surface area contributed by atoms with Crippen LogP contribution in [0.15, 0.2) is 23.3 Å². The normalized spacial score (nSPS) is 12.8. The van der Waals surface area contributed by atoms with Crippen molar-refractivity contribution in [1.82, 2.24) is 5.43 Å². The number of nitrogens with one attached hydrogen (secondary N) is 1. The van der Waals surface area contributed by atoms with Gasteiger partial charge in [-0.25, -0.2) is 5.43 Å². The first kappa shape index (κ1) is 13.0. The van der Waals surface area contributed by atoms with Gasteiger partial charge in [0.05, 0.1) is 16.3 Å². The van der Waals surface area contributed by atoms with Gasteiger partial charge in [0.2, 0.25) is 0 Å². The van der Waals surface area contributed by atoms with Crippen LogP contribution in [0.2, 0.25) is 10.0 Å². The molecule has 6 heteroatoms. The first-order valence-electron chi connectivity index (χ1n) is 4.47. The summed E-state index contributed by atoms with van der Waals surface area (Å²) in [5, 5.41) is 13.3. The molecule has 1 atom stereocenters. The van der Waals surface area contributed by atoms with Crippen LogP contribution < -0.4 is 5.43 Å². The minimum atomic E-state index is -1.10. The summed E-state index contributed by atoms with van der Waals surface area (Å²) in [5.74, 6) is -0.589. The van der Waals surface area contributed by atoms with Gasteiger partial charge in [0.1, 0.15) is 6.10 Å². The highest BCUT2D eigenvalue weighted by Crippen LogP contribution is 2.23. The molecule has 0 aliphatic carbocycles. The molecule has 0 spiro atoms. The van der Waals surface area contributed by atoms with Crippen molar-refractivity contribution < 1.29 is 9.90 Å². The number of hydrogen-bond donors (Lipinski definition) is 2. The fraction of sp³-hybridized carbons (Fsp3) is 0.200. The summed E-state index contributed by atoms with van der Waals surface area (Å²) in [6, 6.07) is 5.06. The number of benzene rings is 1. The van der Waals surface area contributed by atoms with Gasteiger partial charge < -0.3 is 5.11 Å². The van der Waals surface area contributed by atoms with E-state index in [9.17, 15) is 4.79 Å². The van der Waals surface area contributed by atoms with Crippen LogP contribution in [0.5, 0.6) is 0 Å². The number of carbonyl (C=O) groups excluding carboxylic acids is 1. The summed E-state index contributed by atoms with van der Waals surface area (Å²) < 4.78 is 0. The highest BCUT2D eigenvalue weighted by atomic mass is 35.5. The summed E-state index contributed by atoms with van der Waals surface area (Å²) in [6.45, 7) is 1.34. The van der Waals surface area contributed by atoms with Crippen molar-refractivity contribution in [2.45, 2.75) is 13.0 Å². The van der Waals surface area contributed by atoms with Crippen LogP contribution in [-0.2, 0) is 4.79 Å². The number of aliphatic hydroxyl groups excluding tert-OH is 1. The molecule has 0 saturated heterocycles. The number of amides is 1. The fourth-order valence-corrected chi connectivity index (χ4v) is 1.24. The summed E-state index contributed by atoms with van der Waals surface area (Å²) in [5.41, 5.74) is 2.74. The zero-order chi connectivity index (χ0) is 12.1. The molecule has 0 aliphatic heterocycles. The van der Waals surface area contributed by atoms with Gasteiger partial charge in [-0.1, -0.05) is 35.3 Å². The lowest BCUT2D eigenvalue weighted by Gasteiger charge is -2.02. The highest BCUT2D eigenvalue weighted by molar-refractivity contribution is 6.43. The van der Waals surface area contributed by atoms with Gasteiger partial charge >= 0.3 is 0 Å². The lowest BCUT2D eigenvalue weighted by Crippen LogP contribution is -2.28. The van der Waals surface area contributed by atoms with E-state index in [4.69, 9.17) is 28.3 Å². The van der Waals surface area contributed by atoms with Crippen molar-refractivity contribution in [2.24, 2.45) is 5.10 Å². The number of halogens is 2. The molecule has 1 aromatic rings. The van der Waals surface area contributed by atoms with E-state index in [1.807, 2.05) is 0 Å². The Morgan fingerprint density at radius 1 is 1.56 bits per heavy atom. The molecule has 0 aromatic heterocycles. The van der Waals surface area contributed by atoms with E-state index in [1.54, 1.807) is 18.2 Å². The molecule has 0 bridgehead atoms. The highest BCUT2D eigenvalue weighted by Gasteiger charge is 2.06. The Kier molecular flexibility index (Phi) is 4.73. The number of nitrogens with zero attached hydrogens (tertiary/aromatic N) is 1. The predicted octanol–water partition coefficient (Wildman–Crippen LogP) is 1.82. The van der Waals surface area contributed by atoms with E-state index in [2.05, 4.69) is 10.5 Å². The number of hydrazone groups is 1. The first-order chi connectivity index (χ1) is 7.52. The van der Waals surface area contributed by atoms with Crippen LogP contribution in [-0.4, -0.2) is 23.3 Å². The molecule has 0 aliphatic rings. The quantitative estimate of drug-likeness (QED) is 0.644. The number of aliphatic hydroxyl groups is 1. The number of rotatable bonds is 3. The molecule has 4 nitrogen and oxygen atoms in total. The summed E-state index contributed by atoms with van der Waals surface area (Å²) in [4.78, 5) is 11.0. The topological polar surface area (TPSA) is 61.7 Å². The minimum absolute atomic E-state index is 0.360. The van der Waals surface area contributed by atoms with E-state index in [-0.39, 0.29) is 0 Å². The smallest absolute Gasteiger partial charge is 0.268 e. The molecule has 0 heterocycles. The number of carbonyl (C=O) groups is 1. The second-order valence-electron chi connectivity index (χ2n) is 3.05. The zero-order valence-electron chi connectivity index (χ0n) is 8.45. The van der Waals surface area contributed by atoms with Crippen LogP contribution in [0, 0.1) is 0 Å². The predicted molar refractivity (Wildman–Crippen MR) is 63.9 cm³/mol.